The minimum Gasteiger partial charge on any atom is -0.326 e. The molecule has 1 saturated heterocycles. The van der Waals surface area contributed by atoms with Gasteiger partial charge in [0.25, 0.3) is 0 Å². The van der Waals surface area contributed by atoms with Gasteiger partial charge >= 0.3 is 0 Å². The maximum Gasteiger partial charge on any atom is 0.242 e. The van der Waals surface area contributed by atoms with E-state index in [4.69, 9.17) is 11.6 Å². The summed E-state index contributed by atoms with van der Waals surface area (Å²) in [5, 5.41) is 3.62. The van der Waals surface area contributed by atoms with E-state index in [-0.39, 0.29) is 18.2 Å². The van der Waals surface area contributed by atoms with Gasteiger partial charge in [0.05, 0.1) is 5.69 Å². The molecule has 3 rings (SSSR count). The minimum atomic E-state index is -0.481. The second kappa shape index (κ2) is 8.15. The number of aliphatic imine (C=N–C) groups is 1. The third kappa shape index (κ3) is 4.51. The summed E-state index contributed by atoms with van der Waals surface area (Å²) in [4.78, 5) is 31.0. The summed E-state index contributed by atoms with van der Waals surface area (Å²) in [5.41, 5.74) is 3.43. The molecular formula is C20H20ClN3O2S. The monoisotopic (exact) mass is 401 g/mol. The number of hydrogen-bond donors (Lipinski definition) is 1. The Kier molecular flexibility index (Phi) is 5.87. The Morgan fingerprint density at radius 1 is 1.22 bits per heavy atom. The Bertz CT molecular complexity index is 929. The SMILES string of the molecule is Cc1cc(Cl)ccc1N=C1S[C@H](CC(=O)Nc2ccccc2C)C(=O)N1C. The summed E-state index contributed by atoms with van der Waals surface area (Å²) in [7, 11) is 1.68. The molecule has 0 radical (unpaired) electrons. The largest absolute Gasteiger partial charge is 0.326 e. The highest BCUT2D eigenvalue weighted by Gasteiger charge is 2.37. The zero-order valence-electron chi connectivity index (χ0n) is 15.3. The van der Waals surface area contributed by atoms with Crippen molar-refractivity contribution in [2.24, 2.45) is 4.99 Å². The average molecular weight is 402 g/mol. The third-order valence-electron chi connectivity index (χ3n) is 4.31. The zero-order valence-corrected chi connectivity index (χ0v) is 16.9. The van der Waals surface area contributed by atoms with Gasteiger partial charge in [-0.05, 0) is 49.2 Å². The number of amides is 2. The van der Waals surface area contributed by atoms with Crippen LogP contribution in [0.5, 0.6) is 0 Å². The number of nitrogens with one attached hydrogen (secondary N) is 1. The molecule has 0 aromatic heterocycles. The first kappa shape index (κ1) is 19.5. The highest BCUT2D eigenvalue weighted by molar-refractivity contribution is 8.15. The number of amidine groups is 1. The van der Waals surface area contributed by atoms with Crippen LogP contribution in [-0.4, -0.2) is 34.2 Å². The van der Waals surface area contributed by atoms with Crippen molar-refractivity contribution in [1.82, 2.24) is 4.90 Å². The lowest BCUT2D eigenvalue weighted by Gasteiger charge is -2.10. The van der Waals surface area contributed by atoms with Gasteiger partial charge in [-0.3, -0.25) is 14.5 Å². The number of thioether (sulfide) groups is 1. The van der Waals surface area contributed by atoms with Crippen LogP contribution >= 0.6 is 23.4 Å². The van der Waals surface area contributed by atoms with E-state index in [9.17, 15) is 9.59 Å². The number of rotatable bonds is 4. The molecule has 2 aromatic carbocycles. The molecular weight excluding hydrogens is 382 g/mol. The molecule has 0 aliphatic carbocycles. The molecule has 2 aromatic rings. The van der Waals surface area contributed by atoms with E-state index in [1.54, 1.807) is 13.1 Å². The predicted molar refractivity (Wildman–Crippen MR) is 112 cm³/mol. The Morgan fingerprint density at radius 3 is 2.67 bits per heavy atom. The van der Waals surface area contributed by atoms with Crippen molar-refractivity contribution in [3.63, 3.8) is 0 Å². The van der Waals surface area contributed by atoms with Gasteiger partial charge in [-0.2, -0.15) is 0 Å². The lowest BCUT2D eigenvalue weighted by molar-refractivity contribution is -0.127. The third-order valence-corrected chi connectivity index (χ3v) is 5.77. The van der Waals surface area contributed by atoms with Crippen molar-refractivity contribution in [2.75, 3.05) is 12.4 Å². The number of nitrogens with zero attached hydrogens (tertiary/aromatic N) is 2. The predicted octanol–water partition coefficient (Wildman–Crippen LogP) is 4.55. The maximum atomic E-state index is 12.5. The molecule has 1 aliphatic rings. The Labute approximate surface area is 167 Å². The summed E-state index contributed by atoms with van der Waals surface area (Å²) in [6.07, 6.45) is 0.0980. The van der Waals surface area contributed by atoms with E-state index < -0.39 is 5.25 Å². The van der Waals surface area contributed by atoms with Gasteiger partial charge in [0, 0.05) is 24.2 Å². The fourth-order valence-corrected chi connectivity index (χ4v) is 4.10. The first-order chi connectivity index (χ1) is 12.8. The number of aryl methyl sites for hydroxylation is 2. The topological polar surface area (TPSA) is 61.8 Å². The number of carbonyl (C=O) groups excluding carboxylic acids is 2. The minimum absolute atomic E-state index is 0.0980. The van der Waals surface area contributed by atoms with Gasteiger partial charge in [-0.25, -0.2) is 4.99 Å². The number of benzene rings is 2. The van der Waals surface area contributed by atoms with Gasteiger partial charge in [0.2, 0.25) is 11.8 Å². The molecule has 1 atom stereocenters. The number of halogens is 1. The van der Waals surface area contributed by atoms with Gasteiger partial charge in [0.15, 0.2) is 5.17 Å². The second-order valence-corrected chi connectivity index (χ2v) is 8.00. The maximum absolute atomic E-state index is 12.5. The molecule has 2 amide bonds. The van der Waals surface area contributed by atoms with E-state index in [1.165, 1.54) is 16.7 Å². The summed E-state index contributed by atoms with van der Waals surface area (Å²) >= 11 is 7.29. The van der Waals surface area contributed by atoms with Crippen LogP contribution in [0.15, 0.2) is 47.5 Å². The second-order valence-electron chi connectivity index (χ2n) is 6.40. The zero-order chi connectivity index (χ0) is 19.6. The van der Waals surface area contributed by atoms with Gasteiger partial charge < -0.3 is 5.32 Å². The molecule has 0 bridgehead atoms. The standard InChI is InChI=1S/C20H20ClN3O2S/c1-12-6-4-5-7-15(12)22-18(25)11-17-19(26)24(3)20(27-17)23-16-9-8-14(21)10-13(16)2/h4-10,17H,11H2,1-3H3,(H,22,25)/t17-/m1/s1. The van der Waals surface area contributed by atoms with Crippen LogP contribution in [0.1, 0.15) is 17.5 Å². The molecule has 27 heavy (non-hydrogen) atoms. The number of carbonyl (C=O) groups is 2. The number of para-hydroxylation sites is 1. The molecule has 1 fully saturated rings. The van der Waals surface area contributed by atoms with Crippen LogP contribution in [0, 0.1) is 13.8 Å². The molecule has 0 unspecified atom stereocenters. The molecule has 5 nitrogen and oxygen atoms in total. The fourth-order valence-electron chi connectivity index (χ4n) is 2.73. The molecule has 7 heteroatoms. The van der Waals surface area contributed by atoms with E-state index in [1.807, 2.05) is 50.2 Å². The van der Waals surface area contributed by atoms with Crippen LogP contribution in [0.3, 0.4) is 0 Å². The normalized spacial score (nSPS) is 18.2. The highest BCUT2D eigenvalue weighted by Crippen LogP contribution is 2.32. The van der Waals surface area contributed by atoms with Crippen molar-refractivity contribution in [1.29, 1.82) is 0 Å². The van der Waals surface area contributed by atoms with Crippen LogP contribution in [-0.2, 0) is 9.59 Å². The molecule has 0 saturated carbocycles. The van der Waals surface area contributed by atoms with E-state index in [0.29, 0.717) is 10.2 Å². The van der Waals surface area contributed by atoms with Crippen molar-refractivity contribution >= 4 is 51.7 Å². The lowest BCUT2D eigenvalue weighted by atomic mass is 10.2. The van der Waals surface area contributed by atoms with Gasteiger partial charge in [-0.15, -0.1) is 0 Å². The lowest BCUT2D eigenvalue weighted by Crippen LogP contribution is -2.30. The van der Waals surface area contributed by atoms with Crippen LogP contribution in [0.2, 0.25) is 5.02 Å². The fraction of sp³-hybridized carbons (Fsp3) is 0.250. The summed E-state index contributed by atoms with van der Waals surface area (Å²) < 4.78 is 0. The van der Waals surface area contributed by atoms with E-state index in [2.05, 4.69) is 10.3 Å². The van der Waals surface area contributed by atoms with Crippen LogP contribution < -0.4 is 5.32 Å². The van der Waals surface area contributed by atoms with Gasteiger partial charge in [-0.1, -0.05) is 41.6 Å². The van der Waals surface area contributed by atoms with Crippen molar-refractivity contribution in [3.8, 4) is 0 Å². The van der Waals surface area contributed by atoms with Crippen LogP contribution in [0.25, 0.3) is 0 Å². The first-order valence-electron chi connectivity index (χ1n) is 8.49. The summed E-state index contributed by atoms with van der Waals surface area (Å²) in [5.74, 6) is -0.308. The smallest absolute Gasteiger partial charge is 0.242 e. The first-order valence-corrected chi connectivity index (χ1v) is 9.75. The molecule has 140 valence electrons. The molecule has 1 N–H and O–H groups in total. The Morgan fingerprint density at radius 2 is 1.96 bits per heavy atom. The quantitative estimate of drug-likeness (QED) is 0.817. The average Bonchev–Trinajstić information content (AvgIpc) is 2.87. The van der Waals surface area contributed by atoms with Crippen molar-refractivity contribution in [2.45, 2.75) is 25.5 Å². The Balaban J connectivity index is 1.71. The Hall–Kier alpha value is -2.31. The number of anilines is 1. The van der Waals surface area contributed by atoms with E-state index >= 15 is 0 Å². The van der Waals surface area contributed by atoms with Crippen molar-refractivity contribution in [3.05, 3.63) is 58.6 Å². The summed E-state index contributed by atoms with van der Waals surface area (Å²) in [6, 6.07) is 13.0. The van der Waals surface area contributed by atoms with Gasteiger partial charge in [0.1, 0.15) is 5.25 Å². The molecule has 1 aliphatic heterocycles. The summed E-state index contributed by atoms with van der Waals surface area (Å²) in [6.45, 7) is 3.85. The van der Waals surface area contributed by atoms with Crippen LogP contribution in [0.4, 0.5) is 11.4 Å². The molecule has 1 heterocycles. The highest BCUT2D eigenvalue weighted by atomic mass is 35.5. The molecule has 0 spiro atoms. The number of hydrogen-bond acceptors (Lipinski definition) is 4. The van der Waals surface area contributed by atoms with E-state index in [0.717, 1.165) is 22.5 Å². The van der Waals surface area contributed by atoms with Crippen molar-refractivity contribution < 1.29 is 9.59 Å².